The highest BCUT2D eigenvalue weighted by Crippen LogP contribution is 2.33. The summed E-state index contributed by atoms with van der Waals surface area (Å²) < 4.78 is 11.1. The molecule has 0 unspecified atom stereocenters. The minimum absolute atomic E-state index is 0.0428. The van der Waals surface area contributed by atoms with Crippen molar-refractivity contribution in [1.82, 2.24) is 5.32 Å². The third-order valence-electron chi connectivity index (χ3n) is 4.65. The zero-order chi connectivity index (χ0) is 18.8. The van der Waals surface area contributed by atoms with Crippen LogP contribution >= 0.6 is 0 Å². The lowest BCUT2D eigenvalue weighted by Gasteiger charge is -2.20. The molecule has 1 aliphatic heterocycles. The van der Waals surface area contributed by atoms with E-state index in [2.05, 4.69) is 10.6 Å². The molecule has 140 valence electrons. The van der Waals surface area contributed by atoms with Crippen molar-refractivity contribution in [1.29, 1.82) is 0 Å². The summed E-state index contributed by atoms with van der Waals surface area (Å²) >= 11 is 0. The molecule has 0 atom stereocenters. The molecule has 2 amide bonds. The largest absolute Gasteiger partial charge is 0.486 e. The second kappa shape index (κ2) is 7.31. The summed E-state index contributed by atoms with van der Waals surface area (Å²) in [5.41, 5.74) is 2.97. The van der Waals surface area contributed by atoms with Gasteiger partial charge < -0.3 is 20.1 Å². The Labute approximate surface area is 157 Å². The van der Waals surface area contributed by atoms with E-state index < -0.39 is 0 Å². The normalized spacial score (nSPS) is 15.1. The monoisotopic (exact) mass is 366 g/mol. The van der Waals surface area contributed by atoms with Gasteiger partial charge in [0.1, 0.15) is 13.2 Å². The lowest BCUT2D eigenvalue weighted by atomic mass is 10.1. The molecule has 1 saturated carbocycles. The van der Waals surface area contributed by atoms with Gasteiger partial charge in [0, 0.05) is 17.3 Å². The molecule has 1 heterocycles. The topological polar surface area (TPSA) is 76.7 Å². The van der Waals surface area contributed by atoms with E-state index in [1.54, 1.807) is 6.07 Å². The third kappa shape index (κ3) is 4.22. The fraction of sp³-hybridized carbons (Fsp3) is 0.333. The summed E-state index contributed by atoms with van der Waals surface area (Å²) in [6.07, 6.45) is 2.51. The molecule has 0 spiro atoms. The van der Waals surface area contributed by atoms with Gasteiger partial charge in [-0.3, -0.25) is 9.59 Å². The Morgan fingerprint density at radius 2 is 1.70 bits per heavy atom. The van der Waals surface area contributed by atoms with Crippen molar-refractivity contribution < 1.29 is 19.1 Å². The zero-order valence-electron chi connectivity index (χ0n) is 15.2. The number of carbonyl (C=O) groups excluding carboxylic acids is 2. The first kappa shape index (κ1) is 17.4. The summed E-state index contributed by atoms with van der Waals surface area (Å²) in [6.45, 7) is 2.87. The van der Waals surface area contributed by atoms with Crippen LogP contribution in [0.1, 0.15) is 34.3 Å². The lowest BCUT2D eigenvalue weighted by molar-refractivity contribution is -0.120. The third-order valence-corrected chi connectivity index (χ3v) is 4.65. The van der Waals surface area contributed by atoms with E-state index in [1.807, 2.05) is 37.3 Å². The molecule has 2 aliphatic rings. The van der Waals surface area contributed by atoms with Crippen molar-refractivity contribution in [3.05, 3.63) is 53.1 Å². The first-order chi connectivity index (χ1) is 13.1. The molecular weight excluding hydrogens is 344 g/mol. The highest BCUT2D eigenvalue weighted by atomic mass is 16.6. The Balaban J connectivity index is 1.41. The molecule has 0 aromatic heterocycles. The van der Waals surface area contributed by atoms with Gasteiger partial charge in [-0.15, -0.1) is 0 Å². The lowest BCUT2D eigenvalue weighted by Crippen LogP contribution is -2.26. The fourth-order valence-corrected chi connectivity index (χ4v) is 3.03. The van der Waals surface area contributed by atoms with Crippen molar-refractivity contribution in [2.75, 3.05) is 18.5 Å². The van der Waals surface area contributed by atoms with E-state index in [4.69, 9.17) is 9.47 Å². The van der Waals surface area contributed by atoms with Gasteiger partial charge in [-0.05, 0) is 55.2 Å². The molecule has 4 rings (SSSR count). The number of hydrogen-bond acceptors (Lipinski definition) is 4. The number of hydrogen-bond donors (Lipinski definition) is 2. The summed E-state index contributed by atoms with van der Waals surface area (Å²) in [6, 6.07) is 11.2. The van der Waals surface area contributed by atoms with Crippen molar-refractivity contribution in [3.8, 4) is 11.5 Å². The maximum Gasteiger partial charge on any atom is 0.256 e. The highest BCUT2D eigenvalue weighted by Gasteiger charge is 2.23. The van der Waals surface area contributed by atoms with Gasteiger partial charge in [-0.25, -0.2) is 0 Å². The Morgan fingerprint density at radius 3 is 2.37 bits per heavy atom. The molecule has 2 aromatic carbocycles. The average molecular weight is 366 g/mol. The molecule has 0 saturated heterocycles. The van der Waals surface area contributed by atoms with E-state index >= 15 is 0 Å². The quantitative estimate of drug-likeness (QED) is 0.853. The minimum Gasteiger partial charge on any atom is -0.486 e. The average Bonchev–Trinajstić information content (AvgIpc) is 3.46. The maximum absolute atomic E-state index is 12.6. The molecule has 0 bridgehead atoms. The van der Waals surface area contributed by atoms with Gasteiger partial charge in [-0.2, -0.15) is 0 Å². The molecule has 1 aliphatic carbocycles. The zero-order valence-corrected chi connectivity index (χ0v) is 15.2. The van der Waals surface area contributed by atoms with Gasteiger partial charge in [0.05, 0.1) is 6.42 Å². The number of anilines is 1. The van der Waals surface area contributed by atoms with Crippen molar-refractivity contribution in [3.63, 3.8) is 0 Å². The van der Waals surface area contributed by atoms with Gasteiger partial charge in [-0.1, -0.05) is 12.1 Å². The molecule has 1 fully saturated rings. The van der Waals surface area contributed by atoms with E-state index in [9.17, 15) is 9.59 Å². The number of ether oxygens (including phenoxy) is 2. The van der Waals surface area contributed by atoms with Crippen LogP contribution in [-0.4, -0.2) is 31.1 Å². The van der Waals surface area contributed by atoms with Crippen LogP contribution in [0.4, 0.5) is 5.69 Å². The van der Waals surface area contributed by atoms with Gasteiger partial charge >= 0.3 is 0 Å². The number of aryl methyl sites for hydroxylation is 1. The fourth-order valence-electron chi connectivity index (χ4n) is 3.03. The van der Waals surface area contributed by atoms with Crippen LogP contribution in [0.3, 0.4) is 0 Å². The second-order valence-corrected chi connectivity index (χ2v) is 6.98. The molecular formula is C21H22N2O4. The van der Waals surface area contributed by atoms with Gasteiger partial charge in [0.2, 0.25) is 5.91 Å². The molecule has 6 heteroatoms. The summed E-state index contributed by atoms with van der Waals surface area (Å²) in [5, 5.41) is 5.86. The Kier molecular flexibility index (Phi) is 4.71. The van der Waals surface area contributed by atoms with Crippen LogP contribution in [0.2, 0.25) is 0 Å². The van der Waals surface area contributed by atoms with E-state index in [1.165, 1.54) is 0 Å². The van der Waals surface area contributed by atoms with E-state index in [-0.39, 0.29) is 11.8 Å². The van der Waals surface area contributed by atoms with Crippen molar-refractivity contribution in [2.24, 2.45) is 0 Å². The van der Waals surface area contributed by atoms with Crippen LogP contribution in [0.15, 0.2) is 36.4 Å². The van der Waals surface area contributed by atoms with Crippen LogP contribution in [-0.2, 0) is 11.2 Å². The van der Waals surface area contributed by atoms with Crippen LogP contribution < -0.4 is 20.1 Å². The maximum atomic E-state index is 12.6. The molecule has 2 aromatic rings. The predicted octanol–water partition coefficient (Wildman–Crippen LogP) is 2.84. The molecule has 27 heavy (non-hydrogen) atoms. The Morgan fingerprint density at radius 1 is 1.04 bits per heavy atom. The van der Waals surface area contributed by atoms with Gasteiger partial charge in [0.15, 0.2) is 11.5 Å². The smallest absolute Gasteiger partial charge is 0.256 e. The van der Waals surface area contributed by atoms with Crippen molar-refractivity contribution in [2.45, 2.75) is 32.2 Å². The second-order valence-electron chi connectivity index (χ2n) is 6.98. The van der Waals surface area contributed by atoms with Gasteiger partial charge in [0.25, 0.3) is 5.91 Å². The number of amides is 2. The minimum atomic E-state index is -0.205. The summed E-state index contributed by atoms with van der Waals surface area (Å²) in [7, 11) is 0. The SMILES string of the molecule is Cc1cc2c(cc1C(=O)Nc1ccc(CC(=O)NC3CC3)cc1)OCCO2. The predicted molar refractivity (Wildman–Crippen MR) is 101 cm³/mol. The standard InChI is InChI=1S/C21H22N2O4/c1-13-10-18-19(27-9-8-26-18)12-17(13)21(25)23-16-4-2-14(3-5-16)11-20(24)22-15-6-7-15/h2-5,10,12,15H,6-9,11H2,1H3,(H,22,24)(H,23,25). The molecule has 0 radical (unpaired) electrons. The number of carbonyl (C=O) groups is 2. The number of rotatable bonds is 5. The molecule has 2 N–H and O–H groups in total. The van der Waals surface area contributed by atoms with E-state index in [0.717, 1.165) is 24.0 Å². The number of benzene rings is 2. The first-order valence-electron chi connectivity index (χ1n) is 9.18. The molecule has 6 nitrogen and oxygen atoms in total. The van der Waals surface area contributed by atoms with Crippen LogP contribution in [0, 0.1) is 6.92 Å². The number of nitrogens with one attached hydrogen (secondary N) is 2. The Hall–Kier alpha value is -3.02. The van der Waals surface area contributed by atoms with Crippen molar-refractivity contribution >= 4 is 17.5 Å². The van der Waals surface area contributed by atoms with E-state index in [0.29, 0.717) is 48.4 Å². The summed E-state index contributed by atoms with van der Waals surface area (Å²) in [4.78, 5) is 24.5. The first-order valence-corrected chi connectivity index (χ1v) is 9.18. The van der Waals surface area contributed by atoms with Crippen LogP contribution in [0.25, 0.3) is 0 Å². The van der Waals surface area contributed by atoms with Crippen LogP contribution in [0.5, 0.6) is 11.5 Å². The Bertz CT molecular complexity index is 872. The number of fused-ring (bicyclic) bond motifs is 1. The highest BCUT2D eigenvalue weighted by molar-refractivity contribution is 6.05. The summed E-state index contributed by atoms with van der Waals surface area (Å²) in [5.74, 6) is 1.10.